The average Bonchev–Trinajstić information content (AvgIpc) is 2.92. The van der Waals surface area contributed by atoms with Crippen molar-refractivity contribution < 1.29 is 9.32 Å². The summed E-state index contributed by atoms with van der Waals surface area (Å²) in [5.41, 5.74) is 6.90. The molecule has 0 aliphatic carbocycles. The topological polar surface area (TPSA) is 72.4 Å². The standard InChI is InChI=1S/C13H15N3O2/c14-7-8-16(10-11-4-2-1-3-5-11)13(17)12-6-9-18-15-12/h1-6,9H,7-8,10,14H2. The summed E-state index contributed by atoms with van der Waals surface area (Å²) in [5, 5.41) is 3.65. The quantitative estimate of drug-likeness (QED) is 0.861. The summed E-state index contributed by atoms with van der Waals surface area (Å²) in [6.45, 7) is 1.42. The van der Waals surface area contributed by atoms with Gasteiger partial charge in [0, 0.05) is 25.7 Å². The fourth-order valence-corrected chi connectivity index (χ4v) is 1.70. The fourth-order valence-electron chi connectivity index (χ4n) is 1.70. The Labute approximate surface area is 105 Å². The molecular formula is C13H15N3O2. The van der Waals surface area contributed by atoms with E-state index in [2.05, 4.69) is 9.68 Å². The minimum atomic E-state index is -0.168. The van der Waals surface area contributed by atoms with E-state index in [1.165, 1.54) is 6.26 Å². The molecule has 1 aromatic heterocycles. The van der Waals surface area contributed by atoms with Crippen molar-refractivity contribution >= 4 is 5.91 Å². The Morgan fingerprint density at radius 2 is 2.06 bits per heavy atom. The maximum Gasteiger partial charge on any atom is 0.276 e. The Morgan fingerprint density at radius 1 is 1.28 bits per heavy atom. The van der Waals surface area contributed by atoms with E-state index in [-0.39, 0.29) is 5.91 Å². The Morgan fingerprint density at radius 3 is 2.67 bits per heavy atom. The van der Waals surface area contributed by atoms with E-state index in [1.807, 2.05) is 30.3 Å². The zero-order valence-corrected chi connectivity index (χ0v) is 9.95. The molecule has 2 aromatic rings. The first-order valence-electron chi connectivity index (χ1n) is 5.75. The number of amides is 1. The van der Waals surface area contributed by atoms with Crippen molar-refractivity contribution in [1.29, 1.82) is 0 Å². The van der Waals surface area contributed by atoms with Crippen molar-refractivity contribution in [2.45, 2.75) is 6.54 Å². The average molecular weight is 245 g/mol. The van der Waals surface area contributed by atoms with Gasteiger partial charge in [0.05, 0.1) is 0 Å². The molecule has 18 heavy (non-hydrogen) atoms. The van der Waals surface area contributed by atoms with Crippen molar-refractivity contribution in [2.24, 2.45) is 5.73 Å². The first-order chi connectivity index (χ1) is 8.81. The summed E-state index contributed by atoms with van der Waals surface area (Å²) in [5.74, 6) is -0.168. The first-order valence-corrected chi connectivity index (χ1v) is 5.75. The Balaban J connectivity index is 2.11. The molecule has 0 saturated heterocycles. The van der Waals surface area contributed by atoms with Gasteiger partial charge in [-0.2, -0.15) is 0 Å². The van der Waals surface area contributed by atoms with Gasteiger partial charge < -0.3 is 15.2 Å². The summed E-state index contributed by atoms with van der Waals surface area (Å²) in [7, 11) is 0. The molecule has 0 aliphatic rings. The molecule has 1 amide bonds. The van der Waals surface area contributed by atoms with Gasteiger partial charge >= 0.3 is 0 Å². The zero-order chi connectivity index (χ0) is 12.8. The third kappa shape index (κ3) is 2.95. The van der Waals surface area contributed by atoms with Crippen LogP contribution in [0.5, 0.6) is 0 Å². The van der Waals surface area contributed by atoms with Gasteiger partial charge in [-0.25, -0.2) is 0 Å². The van der Waals surface area contributed by atoms with E-state index in [4.69, 9.17) is 5.73 Å². The molecule has 5 heteroatoms. The predicted molar refractivity (Wildman–Crippen MR) is 66.7 cm³/mol. The minimum absolute atomic E-state index is 0.168. The molecule has 0 bridgehead atoms. The third-order valence-electron chi connectivity index (χ3n) is 2.56. The maximum absolute atomic E-state index is 12.1. The van der Waals surface area contributed by atoms with E-state index in [0.29, 0.717) is 25.3 Å². The molecule has 0 radical (unpaired) electrons. The highest BCUT2D eigenvalue weighted by molar-refractivity contribution is 5.92. The van der Waals surface area contributed by atoms with Gasteiger partial charge in [0.25, 0.3) is 5.91 Å². The lowest BCUT2D eigenvalue weighted by Gasteiger charge is -2.20. The molecule has 0 fully saturated rings. The van der Waals surface area contributed by atoms with Crippen LogP contribution in [0.4, 0.5) is 0 Å². The van der Waals surface area contributed by atoms with Crippen LogP contribution in [0.1, 0.15) is 16.1 Å². The second-order valence-electron chi connectivity index (χ2n) is 3.89. The molecule has 0 atom stereocenters. The molecule has 0 aliphatic heterocycles. The highest BCUT2D eigenvalue weighted by atomic mass is 16.5. The highest BCUT2D eigenvalue weighted by Gasteiger charge is 2.17. The van der Waals surface area contributed by atoms with Crippen LogP contribution in [-0.4, -0.2) is 29.1 Å². The van der Waals surface area contributed by atoms with Crippen molar-refractivity contribution in [2.75, 3.05) is 13.1 Å². The van der Waals surface area contributed by atoms with Crippen LogP contribution in [0.2, 0.25) is 0 Å². The van der Waals surface area contributed by atoms with Gasteiger partial charge in [-0.3, -0.25) is 4.79 Å². The van der Waals surface area contributed by atoms with E-state index in [0.717, 1.165) is 5.56 Å². The number of hydrogen-bond donors (Lipinski definition) is 1. The van der Waals surface area contributed by atoms with Crippen LogP contribution >= 0.6 is 0 Å². The molecule has 0 saturated carbocycles. The van der Waals surface area contributed by atoms with Crippen LogP contribution in [0.25, 0.3) is 0 Å². The largest absolute Gasteiger partial charge is 0.364 e. The van der Waals surface area contributed by atoms with Crippen molar-refractivity contribution in [1.82, 2.24) is 10.1 Å². The van der Waals surface area contributed by atoms with E-state index in [9.17, 15) is 4.79 Å². The molecule has 1 heterocycles. The smallest absolute Gasteiger partial charge is 0.276 e. The number of carbonyl (C=O) groups excluding carboxylic acids is 1. The number of aromatic nitrogens is 1. The van der Waals surface area contributed by atoms with Crippen molar-refractivity contribution in [3.63, 3.8) is 0 Å². The molecule has 2 N–H and O–H groups in total. The molecule has 1 aromatic carbocycles. The summed E-state index contributed by atoms with van der Waals surface area (Å²) >= 11 is 0. The highest BCUT2D eigenvalue weighted by Crippen LogP contribution is 2.08. The Hall–Kier alpha value is -2.14. The van der Waals surface area contributed by atoms with Crippen molar-refractivity contribution in [3.05, 3.63) is 53.9 Å². The third-order valence-corrected chi connectivity index (χ3v) is 2.56. The van der Waals surface area contributed by atoms with Crippen LogP contribution in [0, 0.1) is 0 Å². The molecule has 2 rings (SSSR count). The van der Waals surface area contributed by atoms with Gasteiger partial charge in [0.1, 0.15) is 6.26 Å². The fraction of sp³-hybridized carbons (Fsp3) is 0.231. The number of carbonyl (C=O) groups is 1. The van der Waals surface area contributed by atoms with E-state index < -0.39 is 0 Å². The zero-order valence-electron chi connectivity index (χ0n) is 9.95. The number of benzene rings is 1. The summed E-state index contributed by atoms with van der Waals surface area (Å²) < 4.78 is 4.69. The lowest BCUT2D eigenvalue weighted by atomic mass is 10.2. The van der Waals surface area contributed by atoms with Crippen molar-refractivity contribution in [3.8, 4) is 0 Å². The number of nitrogens with zero attached hydrogens (tertiary/aromatic N) is 2. The van der Waals surface area contributed by atoms with Crippen LogP contribution in [0.15, 0.2) is 47.2 Å². The SMILES string of the molecule is NCCN(Cc1ccccc1)C(=O)c1ccon1. The minimum Gasteiger partial charge on any atom is -0.364 e. The Bertz CT molecular complexity index is 482. The lowest BCUT2D eigenvalue weighted by Crippen LogP contribution is -2.35. The number of rotatable bonds is 5. The molecule has 5 nitrogen and oxygen atoms in total. The summed E-state index contributed by atoms with van der Waals surface area (Å²) in [4.78, 5) is 13.8. The molecule has 0 unspecified atom stereocenters. The van der Waals surface area contributed by atoms with Gasteiger partial charge in [0.2, 0.25) is 0 Å². The second kappa shape index (κ2) is 5.97. The van der Waals surface area contributed by atoms with Gasteiger partial charge in [-0.1, -0.05) is 35.5 Å². The first kappa shape index (κ1) is 12.3. The molecular weight excluding hydrogens is 230 g/mol. The monoisotopic (exact) mass is 245 g/mol. The number of hydrogen-bond acceptors (Lipinski definition) is 4. The molecule has 94 valence electrons. The van der Waals surface area contributed by atoms with E-state index >= 15 is 0 Å². The summed E-state index contributed by atoms with van der Waals surface area (Å²) in [6, 6.07) is 11.3. The van der Waals surface area contributed by atoms with Crippen LogP contribution in [-0.2, 0) is 6.54 Å². The molecule has 0 spiro atoms. The maximum atomic E-state index is 12.1. The number of nitrogens with two attached hydrogens (primary N) is 1. The summed E-state index contributed by atoms with van der Waals surface area (Å²) in [6.07, 6.45) is 1.39. The lowest BCUT2D eigenvalue weighted by molar-refractivity contribution is 0.0737. The van der Waals surface area contributed by atoms with Crippen LogP contribution in [0.3, 0.4) is 0 Å². The van der Waals surface area contributed by atoms with Gasteiger partial charge in [-0.05, 0) is 5.56 Å². The normalized spacial score (nSPS) is 10.3. The second-order valence-corrected chi connectivity index (χ2v) is 3.89. The predicted octanol–water partition coefficient (Wildman–Crippen LogP) is 1.28. The van der Waals surface area contributed by atoms with Gasteiger partial charge in [-0.15, -0.1) is 0 Å². The Kier molecular flexibility index (Phi) is 4.09. The van der Waals surface area contributed by atoms with E-state index in [1.54, 1.807) is 11.0 Å². The van der Waals surface area contributed by atoms with Crippen LogP contribution < -0.4 is 5.73 Å². The van der Waals surface area contributed by atoms with Gasteiger partial charge in [0.15, 0.2) is 5.69 Å².